The van der Waals surface area contributed by atoms with Gasteiger partial charge in [-0.25, -0.2) is 9.67 Å². The van der Waals surface area contributed by atoms with Crippen LogP contribution in [-0.4, -0.2) is 58.8 Å². The molecule has 1 fully saturated rings. The lowest BCUT2D eigenvalue weighted by Gasteiger charge is -2.33. The maximum Gasteiger partial charge on any atom is 0.260 e. The van der Waals surface area contributed by atoms with Crippen LogP contribution < -0.4 is 10.2 Å². The minimum absolute atomic E-state index is 0.285. The van der Waals surface area contributed by atoms with E-state index in [9.17, 15) is 4.79 Å². The van der Waals surface area contributed by atoms with Crippen molar-refractivity contribution in [3.05, 3.63) is 70.1 Å². The van der Waals surface area contributed by atoms with Crippen LogP contribution in [0, 0.1) is 13.8 Å². The molecule has 0 spiro atoms. The molecular formula is C23H27ClN6O. The summed E-state index contributed by atoms with van der Waals surface area (Å²) >= 11 is 6.52. The first-order valence-electron chi connectivity index (χ1n) is 10.4. The van der Waals surface area contributed by atoms with Crippen LogP contribution in [0.15, 0.2) is 42.6 Å². The maximum atomic E-state index is 12.9. The molecule has 1 aliphatic rings. The van der Waals surface area contributed by atoms with Crippen LogP contribution in [0.5, 0.6) is 0 Å². The fourth-order valence-corrected chi connectivity index (χ4v) is 3.98. The summed E-state index contributed by atoms with van der Waals surface area (Å²) in [6, 6.07) is 12.0. The summed E-state index contributed by atoms with van der Waals surface area (Å²) in [5.41, 5.74) is 3.88. The van der Waals surface area contributed by atoms with E-state index in [1.165, 1.54) is 5.56 Å². The van der Waals surface area contributed by atoms with Crippen molar-refractivity contribution >= 4 is 29.0 Å². The number of aryl methyl sites for hydroxylation is 2. The van der Waals surface area contributed by atoms with Gasteiger partial charge in [0.25, 0.3) is 5.91 Å². The number of benzene rings is 1. The van der Waals surface area contributed by atoms with E-state index in [-0.39, 0.29) is 5.91 Å². The number of hydrogen-bond donors (Lipinski definition) is 1. The summed E-state index contributed by atoms with van der Waals surface area (Å²) in [4.78, 5) is 22.0. The van der Waals surface area contributed by atoms with Gasteiger partial charge in [-0.05, 0) is 38.6 Å². The number of rotatable bonds is 5. The molecule has 1 aliphatic heterocycles. The second-order valence-corrected chi connectivity index (χ2v) is 8.40. The minimum atomic E-state index is -0.285. The normalized spacial score (nSPS) is 14.6. The van der Waals surface area contributed by atoms with Gasteiger partial charge in [0.15, 0.2) is 0 Å². The Morgan fingerprint density at radius 1 is 1.06 bits per heavy atom. The highest BCUT2D eigenvalue weighted by atomic mass is 35.5. The number of nitrogens with one attached hydrogen (secondary N) is 1. The van der Waals surface area contributed by atoms with Gasteiger partial charge in [0.2, 0.25) is 0 Å². The Labute approximate surface area is 187 Å². The zero-order chi connectivity index (χ0) is 22.0. The number of anilines is 2. The number of carbonyl (C=O) groups excluding carboxylic acids is 1. The van der Waals surface area contributed by atoms with E-state index in [2.05, 4.69) is 32.2 Å². The zero-order valence-corrected chi connectivity index (χ0v) is 18.9. The van der Waals surface area contributed by atoms with Crippen LogP contribution in [0.4, 0.5) is 11.5 Å². The largest absolute Gasteiger partial charge is 0.354 e. The maximum absolute atomic E-state index is 12.9. The summed E-state index contributed by atoms with van der Waals surface area (Å²) in [5.74, 6) is 0.637. The third-order valence-corrected chi connectivity index (χ3v) is 5.96. The predicted octanol–water partition coefficient (Wildman–Crippen LogP) is 3.60. The van der Waals surface area contributed by atoms with E-state index in [1.807, 2.05) is 43.3 Å². The quantitative estimate of drug-likeness (QED) is 0.659. The molecule has 1 saturated heterocycles. The molecule has 1 aromatic carbocycles. The van der Waals surface area contributed by atoms with Crippen molar-refractivity contribution in [2.24, 2.45) is 0 Å². The lowest BCUT2D eigenvalue weighted by atomic mass is 10.1. The predicted molar refractivity (Wildman–Crippen MR) is 124 cm³/mol. The Balaban J connectivity index is 1.44. The number of nitrogens with zero attached hydrogens (tertiary/aromatic N) is 5. The summed E-state index contributed by atoms with van der Waals surface area (Å²) in [7, 11) is 2.12. The lowest BCUT2D eigenvalue weighted by molar-refractivity contribution is 0.102. The lowest BCUT2D eigenvalue weighted by Crippen LogP contribution is -2.44. The summed E-state index contributed by atoms with van der Waals surface area (Å²) in [6.45, 7) is 8.28. The number of piperazine rings is 1. The number of carbonyl (C=O) groups is 1. The molecule has 1 amide bonds. The Morgan fingerprint density at radius 2 is 1.77 bits per heavy atom. The average Bonchev–Trinajstić information content (AvgIpc) is 3.04. The molecule has 0 saturated carbocycles. The first-order chi connectivity index (χ1) is 14.9. The van der Waals surface area contributed by atoms with Gasteiger partial charge in [-0.3, -0.25) is 4.79 Å². The zero-order valence-electron chi connectivity index (χ0n) is 18.1. The van der Waals surface area contributed by atoms with Crippen molar-refractivity contribution in [3.63, 3.8) is 0 Å². The SMILES string of the molecule is Cc1ccc(Cn2nc(C)c(C(=O)Nc3ccc(N4CCN(C)CC4)nc3)c2Cl)cc1. The van der Waals surface area contributed by atoms with Crippen molar-refractivity contribution in [2.45, 2.75) is 20.4 Å². The molecule has 7 nitrogen and oxygen atoms in total. The van der Waals surface area contributed by atoms with Gasteiger partial charge in [-0.15, -0.1) is 0 Å². The number of halogens is 1. The standard InChI is InChI=1S/C23H27ClN6O/c1-16-4-6-18(7-5-16)15-30-22(24)21(17(2)27-30)23(31)26-19-8-9-20(25-14-19)29-12-10-28(3)11-13-29/h4-9,14H,10-13,15H2,1-3H3,(H,26,31). The van der Waals surface area contributed by atoms with Crippen LogP contribution in [-0.2, 0) is 6.54 Å². The van der Waals surface area contributed by atoms with Gasteiger partial charge in [-0.2, -0.15) is 5.10 Å². The van der Waals surface area contributed by atoms with Crippen molar-refractivity contribution < 1.29 is 4.79 Å². The molecule has 8 heteroatoms. The minimum Gasteiger partial charge on any atom is -0.354 e. The first-order valence-corrected chi connectivity index (χ1v) is 10.8. The van der Waals surface area contributed by atoms with Gasteiger partial charge in [0, 0.05) is 26.2 Å². The Hall–Kier alpha value is -2.90. The third-order valence-electron chi connectivity index (χ3n) is 5.58. The Morgan fingerprint density at radius 3 is 2.42 bits per heavy atom. The highest BCUT2D eigenvalue weighted by Crippen LogP contribution is 2.23. The molecule has 0 unspecified atom stereocenters. The van der Waals surface area contributed by atoms with Gasteiger partial charge < -0.3 is 15.1 Å². The summed E-state index contributed by atoms with van der Waals surface area (Å²) in [6.07, 6.45) is 1.69. The topological polar surface area (TPSA) is 66.3 Å². The molecule has 0 bridgehead atoms. The number of likely N-dealkylation sites (N-methyl/N-ethyl adjacent to an activating group) is 1. The molecule has 3 heterocycles. The van der Waals surface area contributed by atoms with Crippen LogP contribution in [0.1, 0.15) is 27.2 Å². The Bertz CT molecular complexity index is 1050. The van der Waals surface area contributed by atoms with E-state index in [0.29, 0.717) is 28.6 Å². The first kappa shape index (κ1) is 21.3. The number of pyridine rings is 1. The fraction of sp³-hybridized carbons (Fsp3) is 0.348. The fourth-order valence-electron chi connectivity index (χ4n) is 3.66. The molecular weight excluding hydrogens is 412 g/mol. The Kier molecular flexibility index (Phi) is 6.25. The van der Waals surface area contributed by atoms with Crippen molar-refractivity contribution in [3.8, 4) is 0 Å². The second-order valence-electron chi connectivity index (χ2n) is 8.04. The van der Waals surface area contributed by atoms with Crippen LogP contribution >= 0.6 is 11.6 Å². The molecule has 162 valence electrons. The smallest absolute Gasteiger partial charge is 0.260 e. The molecule has 1 N–H and O–H groups in total. The summed E-state index contributed by atoms with van der Waals surface area (Å²) < 4.78 is 1.66. The second kappa shape index (κ2) is 9.08. The third kappa shape index (κ3) is 4.89. The average molecular weight is 439 g/mol. The van der Waals surface area contributed by atoms with E-state index in [4.69, 9.17) is 11.6 Å². The molecule has 2 aromatic heterocycles. The van der Waals surface area contributed by atoms with E-state index < -0.39 is 0 Å². The van der Waals surface area contributed by atoms with E-state index in [0.717, 1.165) is 37.6 Å². The van der Waals surface area contributed by atoms with Gasteiger partial charge in [0.1, 0.15) is 11.0 Å². The molecule has 0 aliphatic carbocycles. The molecule has 0 atom stereocenters. The van der Waals surface area contributed by atoms with Gasteiger partial charge in [0.05, 0.1) is 29.7 Å². The van der Waals surface area contributed by atoms with Gasteiger partial charge in [-0.1, -0.05) is 41.4 Å². The van der Waals surface area contributed by atoms with Gasteiger partial charge >= 0.3 is 0 Å². The number of amides is 1. The molecule has 4 rings (SSSR count). The summed E-state index contributed by atoms with van der Waals surface area (Å²) in [5, 5.41) is 7.70. The highest BCUT2D eigenvalue weighted by Gasteiger charge is 2.21. The highest BCUT2D eigenvalue weighted by molar-refractivity contribution is 6.33. The van der Waals surface area contributed by atoms with E-state index >= 15 is 0 Å². The van der Waals surface area contributed by atoms with Crippen LogP contribution in [0.25, 0.3) is 0 Å². The molecule has 3 aromatic rings. The number of hydrogen-bond acceptors (Lipinski definition) is 5. The van der Waals surface area contributed by atoms with Crippen LogP contribution in [0.2, 0.25) is 5.15 Å². The molecule has 31 heavy (non-hydrogen) atoms. The monoisotopic (exact) mass is 438 g/mol. The van der Waals surface area contributed by atoms with E-state index in [1.54, 1.807) is 17.8 Å². The van der Waals surface area contributed by atoms with Crippen molar-refractivity contribution in [2.75, 3.05) is 43.4 Å². The molecule has 0 radical (unpaired) electrons. The number of aromatic nitrogens is 3. The van der Waals surface area contributed by atoms with Crippen molar-refractivity contribution in [1.29, 1.82) is 0 Å². The van der Waals surface area contributed by atoms with Crippen LogP contribution in [0.3, 0.4) is 0 Å². The van der Waals surface area contributed by atoms with Crippen molar-refractivity contribution in [1.82, 2.24) is 19.7 Å².